The van der Waals surface area contributed by atoms with Crippen molar-refractivity contribution in [1.29, 1.82) is 0 Å². The van der Waals surface area contributed by atoms with Crippen molar-refractivity contribution in [2.45, 2.75) is 26.7 Å². The van der Waals surface area contributed by atoms with Gasteiger partial charge in [0, 0.05) is 31.6 Å². The lowest BCUT2D eigenvalue weighted by atomic mass is 9.94. The maximum absolute atomic E-state index is 11.3. The van der Waals surface area contributed by atoms with Crippen LogP contribution < -0.4 is 16.1 Å². The number of hydrogen-bond acceptors (Lipinski definition) is 3. The van der Waals surface area contributed by atoms with E-state index < -0.39 is 0 Å². The Kier molecular flexibility index (Phi) is 7.54. The summed E-state index contributed by atoms with van der Waals surface area (Å²) in [5.41, 5.74) is 5.44. The molecule has 0 saturated heterocycles. The molecule has 6 nitrogen and oxygen atoms in total. The van der Waals surface area contributed by atoms with Crippen molar-refractivity contribution >= 4 is 35.7 Å². The molecule has 1 atom stereocenters. The molecule has 0 aromatic heterocycles. The van der Waals surface area contributed by atoms with Gasteiger partial charge >= 0.3 is 0 Å². The first-order valence-corrected chi connectivity index (χ1v) is 7.58. The summed E-state index contributed by atoms with van der Waals surface area (Å²) in [5.74, 6) is 0.858. The lowest BCUT2D eigenvalue weighted by Crippen LogP contribution is -2.32. The van der Waals surface area contributed by atoms with Gasteiger partial charge in [-0.15, -0.1) is 12.4 Å². The number of nitrogens with zero attached hydrogens (tertiary/aromatic N) is 2. The summed E-state index contributed by atoms with van der Waals surface area (Å²) in [4.78, 5) is 15.5. The van der Waals surface area contributed by atoms with Gasteiger partial charge in [0.1, 0.15) is 0 Å². The van der Waals surface area contributed by atoms with Gasteiger partial charge in [-0.3, -0.25) is 9.79 Å². The van der Waals surface area contributed by atoms with Gasteiger partial charge in [-0.2, -0.15) is 5.10 Å². The number of hydrogen-bond donors (Lipinski definition) is 3. The highest BCUT2D eigenvalue weighted by Crippen LogP contribution is 2.18. The SMILES string of the molecule is CCCNC(=NC)Nc1ccc(C2=NNC(=O)CC2C)cc1.Cl. The van der Waals surface area contributed by atoms with E-state index in [2.05, 4.69) is 33.1 Å². The van der Waals surface area contributed by atoms with Gasteiger partial charge in [-0.25, -0.2) is 5.43 Å². The van der Waals surface area contributed by atoms with Crippen molar-refractivity contribution in [2.75, 3.05) is 18.9 Å². The number of halogens is 1. The van der Waals surface area contributed by atoms with Crippen LogP contribution in [0.3, 0.4) is 0 Å². The molecule has 3 N–H and O–H groups in total. The topological polar surface area (TPSA) is 77.9 Å². The van der Waals surface area contributed by atoms with Crippen LogP contribution in [0.4, 0.5) is 5.69 Å². The van der Waals surface area contributed by atoms with E-state index in [4.69, 9.17) is 0 Å². The molecular formula is C16H24ClN5O. The fourth-order valence-electron chi connectivity index (χ4n) is 2.29. The molecule has 1 aromatic rings. The highest BCUT2D eigenvalue weighted by molar-refractivity contribution is 6.06. The Morgan fingerprint density at radius 1 is 1.39 bits per heavy atom. The van der Waals surface area contributed by atoms with Gasteiger partial charge in [0.25, 0.3) is 0 Å². The molecule has 0 radical (unpaired) electrons. The van der Waals surface area contributed by atoms with Crippen LogP contribution in [0.2, 0.25) is 0 Å². The van der Waals surface area contributed by atoms with Crippen molar-refractivity contribution in [1.82, 2.24) is 10.7 Å². The first-order valence-electron chi connectivity index (χ1n) is 7.58. The van der Waals surface area contributed by atoms with Crippen molar-refractivity contribution in [2.24, 2.45) is 16.0 Å². The van der Waals surface area contributed by atoms with Gasteiger partial charge in [-0.05, 0) is 24.1 Å². The molecule has 2 rings (SSSR count). The third kappa shape index (κ3) is 5.25. The summed E-state index contributed by atoms with van der Waals surface area (Å²) >= 11 is 0. The van der Waals surface area contributed by atoms with Crippen LogP contribution in [0.5, 0.6) is 0 Å². The Labute approximate surface area is 143 Å². The van der Waals surface area contributed by atoms with Crippen LogP contribution in [0, 0.1) is 5.92 Å². The Bertz CT molecular complexity index is 583. The molecule has 1 unspecified atom stereocenters. The molecule has 1 aliphatic heterocycles. The highest BCUT2D eigenvalue weighted by Gasteiger charge is 2.21. The zero-order valence-corrected chi connectivity index (χ0v) is 14.5. The fourth-order valence-corrected chi connectivity index (χ4v) is 2.29. The van der Waals surface area contributed by atoms with E-state index in [1.807, 2.05) is 31.2 Å². The zero-order valence-electron chi connectivity index (χ0n) is 13.7. The standard InChI is InChI=1S/C16H23N5O.ClH/c1-4-9-18-16(17-3)19-13-7-5-12(6-8-13)15-11(2)10-14(22)20-21-15;/h5-8,11H,4,9-10H2,1-3H3,(H,20,22)(H2,17,18,19);1H. The molecule has 126 valence electrons. The van der Waals surface area contributed by atoms with Crippen LogP contribution in [0.1, 0.15) is 32.3 Å². The van der Waals surface area contributed by atoms with E-state index in [1.54, 1.807) is 7.05 Å². The summed E-state index contributed by atoms with van der Waals surface area (Å²) in [6.45, 7) is 5.01. The molecule has 7 heteroatoms. The van der Waals surface area contributed by atoms with Crippen LogP contribution in [-0.2, 0) is 4.79 Å². The highest BCUT2D eigenvalue weighted by atomic mass is 35.5. The smallest absolute Gasteiger partial charge is 0.240 e. The molecule has 1 heterocycles. The lowest BCUT2D eigenvalue weighted by Gasteiger charge is -2.19. The van der Waals surface area contributed by atoms with Gasteiger partial charge in [0.15, 0.2) is 5.96 Å². The van der Waals surface area contributed by atoms with Crippen LogP contribution >= 0.6 is 12.4 Å². The molecule has 23 heavy (non-hydrogen) atoms. The molecule has 0 fully saturated rings. The number of amides is 1. The number of aliphatic imine (C=N–C) groups is 1. The van der Waals surface area contributed by atoms with E-state index >= 15 is 0 Å². The second-order valence-corrected chi connectivity index (χ2v) is 5.34. The quantitative estimate of drug-likeness (QED) is 0.583. The summed E-state index contributed by atoms with van der Waals surface area (Å²) in [5, 5.41) is 10.6. The summed E-state index contributed by atoms with van der Waals surface area (Å²) < 4.78 is 0. The molecular weight excluding hydrogens is 314 g/mol. The Morgan fingerprint density at radius 2 is 2.09 bits per heavy atom. The Morgan fingerprint density at radius 3 is 2.65 bits per heavy atom. The minimum absolute atomic E-state index is 0. The number of rotatable bonds is 4. The molecule has 1 aromatic carbocycles. The number of guanidine groups is 1. The number of carbonyl (C=O) groups excluding carboxylic acids is 1. The number of nitrogens with one attached hydrogen (secondary N) is 3. The number of hydrazone groups is 1. The average molecular weight is 338 g/mol. The van der Waals surface area contributed by atoms with Crippen LogP contribution in [0.25, 0.3) is 0 Å². The second-order valence-electron chi connectivity index (χ2n) is 5.34. The lowest BCUT2D eigenvalue weighted by molar-refractivity contribution is -0.121. The largest absolute Gasteiger partial charge is 0.356 e. The molecule has 0 spiro atoms. The van der Waals surface area contributed by atoms with Gasteiger partial charge in [0.2, 0.25) is 5.91 Å². The Hall–Kier alpha value is -2.08. The van der Waals surface area contributed by atoms with Gasteiger partial charge in [0.05, 0.1) is 5.71 Å². The average Bonchev–Trinajstić information content (AvgIpc) is 2.52. The van der Waals surface area contributed by atoms with Gasteiger partial charge < -0.3 is 10.6 Å². The summed E-state index contributed by atoms with van der Waals surface area (Å²) in [6.07, 6.45) is 1.52. The first-order chi connectivity index (χ1) is 10.6. The monoisotopic (exact) mass is 337 g/mol. The molecule has 0 bridgehead atoms. The van der Waals surface area contributed by atoms with E-state index in [-0.39, 0.29) is 24.2 Å². The maximum atomic E-state index is 11.3. The number of benzene rings is 1. The second kappa shape index (κ2) is 9.15. The third-order valence-corrected chi connectivity index (χ3v) is 3.47. The van der Waals surface area contributed by atoms with E-state index in [1.165, 1.54) is 0 Å². The minimum Gasteiger partial charge on any atom is -0.356 e. The summed E-state index contributed by atoms with van der Waals surface area (Å²) in [6, 6.07) is 7.98. The predicted octanol–water partition coefficient (Wildman–Crippen LogP) is 2.37. The number of anilines is 1. The summed E-state index contributed by atoms with van der Waals surface area (Å²) in [7, 11) is 1.75. The molecule has 1 amide bonds. The zero-order chi connectivity index (χ0) is 15.9. The van der Waals surface area contributed by atoms with Gasteiger partial charge in [-0.1, -0.05) is 26.0 Å². The van der Waals surface area contributed by atoms with Crippen molar-refractivity contribution < 1.29 is 4.79 Å². The van der Waals surface area contributed by atoms with Crippen molar-refractivity contribution in [3.05, 3.63) is 29.8 Å². The fraction of sp³-hybridized carbons (Fsp3) is 0.438. The van der Waals surface area contributed by atoms with Crippen LogP contribution in [-0.4, -0.2) is 31.2 Å². The Balaban J connectivity index is 0.00000264. The first kappa shape index (κ1) is 19.0. The van der Waals surface area contributed by atoms with Crippen molar-refractivity contribution in [3.63, 3.8) is 0 Å². The maximum Gasteiger partial charge on any atom is 0.240 e. The predicted molar refractivity (Wildman–Crippen MR) is 97.4 cm³/mol. The van der Waals surface area contributed by atoms with Crippen LogP contribution in [0.15, 0.2) is 34.4 Å². The van der Waals surface area contributed by atoms with E-state index in [0.717, 1.165) is 35.9 Å². The van der Waals surface area contributed by atoms with E-state index in [0.29, 0.717) is 6.42 Å². The van der Waals surface area contributed by atoms with E-state index in [9.17, 15) is 4.79 Å². The normalized spacial score (nSPS) is 17.7. The number of carbonyl (C=O) groups is 1. The minimum atomic E-state index is -0.0275. The van der Waals surface area contributed by atoms with Crippen molar-refractivity contribution in [3.8, 4) is 0 Å². The third-order valence-electron chi connectivity index (χ3n) is 3.47. The molecule has 0 aliphatic carbocycles. The molecule has 0 saturated carbocycles. The molecule has 1 aliphatic rings.